The molecule has 7 heteroatoms. The second-order valence-electron chi connectivity index (χ2n) is 6.54. The summed E-state index contributed by atoms with van der Waals surface area (Å²) in [4.78, 5) is 8.29. The smallest absolute Gasteiger partial charge is 0.160 e. The summed E-state index contributed by atoms with van der Waals surface area (Å²) < 4.78 is 2.17. The van der Waals surface area contributed by atoms with Gasteiger partial charge >= 0.3 is 0 Å². The molecule has 3 aromatic rings. The number of halogens is 1. The normalized spacial score (nSPS) is 13.3. The molecule has 0 fully saturated rings. The van der Waals surface area contributed by atoms with Crippen LogP contribution in [0.25, 0.3) is 5.00 Å². The second kappa shape index (κ2) is 6.95. The molecule has 0 amide bonds. The molecule has 4 rings (SSSR count). The number of thiophene rings is 1. The van der Waals surface area contributed by atoms with Gasteiger partial charge in [0.15, 0.2) is 11.6 Å². The maximum atomic E-state index is 6.48. The largest absolute Gasteiger partial charge is 0.302 e. The van der Waals surface area contributed by atoms with E-state index in [2.05, 4.69) is 32.7 Å². The third kappa shape index (κ3) is 2.98. The Labute approximate surface area is 162 Å². The number of nitrogens with zero attached hydrogens (tertiary/aromatic N) is 5. The summed E-state index contributed by atoms with van der Waals surface area (Å²) in [6.45, 7) is 3.39. The molecule has 0 saturated heterocycles. The Morgan fingerprint density at radius 1 is 1.19 bits per heavy atom. The van der Waals surface area contributed by atoms with Gasteiger partial charge in [-0.3, -0.25) is 9.56 Å². The monoisotopic (exact) mass is 385 g/mol. The lowest BCUT2D eigenvalue weighted by molar-refractivity contribution is 0.387. The van der Waals surface area contributed by atoms with Crippen LogP contribution >= 0.6 is 22.9 Å². The molecule has 0 saturated carbocycles. The first-order valence-electron chi connectivity index (χ1n) is 8.59. The van der Waals surface area contributed by atoms with Gasteiger partial charge in [-0.05, 0) is 32.6 Å². The van der Waals surface area contributed by atoms with Crippen LogP contribution in [0.4, 0.5) is 0 Å². The van der Waals surface area contributed by atoms with Crippen molar-refractivity contribution >= 4 is 28.6 Å². The molecular weight excluding hydrogens is 366 g/mol. The molecule has 0 aliphatic carbocycles. The quantitative estimate of drug-likeness (QED) is 0.683. The van der Waals surface area contributed by atoms with Gasteiger partial charge in [-0.1, -0.05) is 36.7 Å². The highest BCUT2D eigenvalue weighted by Gasteiger charge is 2.26. The Balaban J connectivity index is 1.93. The fourth-order valence-corrected chi connectivity index (χ4v) is 4.50. The molecule has 0 bridgehead atoms. The van der Waals surface area contributed by atoms with Crippen LogP contribution in [-0.4, -0.2) is 39.5 Å². The number of rotatable bonds is 4. The molecular formula is C19H20ClN5S. The molecule has 1 aromatic carbocycles. The summed E-state index contributed by atoms with van der Waals surface area (Å²) >= 11 is 8.27. The first kappa shape index (κ1) is 17.4. The number of hydrogen-bond acceptors (Lipinski definition) is 5. The zero-order valence-corrected chi connectivity index (χ0v) is 16.6. The van der Waals surface area contributed by atoms with Crippen LogP contribution in [0.2, 0.25) is 5.02 Å². The number of aromatic nitrogens is 3. The number of fused-ring (bicyclic) bond motifs is 3. The summed E-state index contributed by atoms with van der Waals surface area (Å²) in [5.41, 5.74) is 3.00. The van der Waals surface area contributed by atoms with Crippen molar-refractivity contribution in [1.29, 1.82) is 0 Å². The van der Waals surface area contributed by atoms with Crippen LogP contribution in [0.15, 0.2) is 35.3 Å². The number of aryl methyl sites for hydroxylation is 1. The molecule has 26 heavy (non-hydrogen) atoms. The van der Waals surface area contributed by atoms with Gasteiger partial charge in [-0.15, -0.1) is 21.5 Å². The Morgan fingerprint density at radius 2 is 2.00 bits per heavy atom. The van der Waals surface area contributed by atoms with E-state index in [1.54, 1.807) is 11.3 Å². The molecule has 0 radical (unpaired) electrons. The van der Waals surface area contributed by atoms with Crippen LogP contribution in [0.5, 0.6) is 0 Å². The number of hydrogen-bond donors (Lipinski definition) is 0. The number of benzene rings is 1. The van der Waals surface area contributed by atoms with Gasteiger partial charge < -0.3 is 4.90 Å². The van der Waals surface area contributed by atoms with Crippen molar-refractivity contribution in [3.05, 3.63) is 63.0 Å². The lowest BCUT2D eigenvalue weighted by Crippen LogP contribution is -2.15. The highest BCUT2D eigenvalue weighted by molar-refractivity contribution is 7.15. The summed E-state index contributed by atoms with van der Waals surface area (Å²) in [6.07, 6.45) is 0.980. The van der Waals surface area contributed by atoms with E-state index >= 15 is 0 Å². The fraction of sp³-hybridized carbons (Fsp3) is 0.316. The van der Waals surface area contributed by atoms with Gasteiger partial charge in [0.2, 0.25) is 0 Å². The van der Waals surface area contributed by atoms with Crippen molar-refractivity contribution in [3.63, 3.8) is 0 Å². The van der Waals surface area contributed by atoms with E-state index in [4.69, 9.17) is 16.6 Å². The van der Waals surface area contributed by atoms with Crippen molar-refractivity contribution in [2.45, 2.75) is 26.4 Å². The predicted octanol–water partition coefficient (Wildman–Crippen LogP) is 3.96. The maximum Gasteiger partial charge on any atom is 0.160 e. The molecule has 0 unspecified atom stereocenters. The summed E-state index contributed by atoms with van der Waals surface area (Å²) in [7, 11) is 4.08. The lowest BCUT2D eigenvalue weighted by atomic mass is 10.0. The first-order valence-corrected chi connectivity index (χ1v) is 9.78. The minimum Gasteiger partial charge on any atom is -0.302 e. The van der Waals surface area contributed by atoms with Crippen molar-refractivity contribution < 1.29 is 0 Å². The van der Waals surface area contributed by atoms with E-state index in [1.807, 2.05) is 38.4 Å². The standard InChI is InChI=1S/C19H20ClN5S/c1-4-12-9-14-18(13-7-5-6-8-15(13)20)21-10-16-22-23-17(11-24(2)3)25(16)19(14)26-12/h5-9H,4,10-11H2,1-3H3. The highest BCUT2D eigenvalue weighted by atomic mass is 35.5. The maximum absolute atomic E-state index is 6.48. The minimum atomic E-state index is 0.490. The SMILES string of the molecule is CCc1cc2c(s1)-n1c(nnc1CN(C)C)CN=C2c1ccccc1Cl. The van der Waals surface area contributed by atoms with Gasteiger partial charge in [-0.25, -0.2) is 0 Å². The molecule has 0 spiro atoms. The van der Waals surface area contributed by atoms with Crippen LogP contribution in [-0.2, 0) is 19.5 Å². The molecule has 134 valence electrons. The summed E-state index contributed by atoms with van der Waals surface area (Å²) in [5, 5.41) is 10.7. The van der Waals surface area contributed by atoms with Gasteiger partial charge in [0, 0.05) is 21.0 Å². The third-order valence-electron chi connectivity index (χ3n) is 4.33. The second-order valence-corrected chi connectivity index (χ2v) is 8.06. The Morgan fingerprint density at radius 3 is 2.73 bits per heavy atom. The topological polar surface area (TPSA) is 46.3 Å². The fourth-order valence-electron chi connectivity index (χ4n) is 3.14. The Kier molecular flexibility index (Phi) is 4.65. The van der Waals surface area contributed by atoms with Crippen molar-refractivity contribution in [2.75, 3.05) is 14.1 Å². The van der Waals surface area contributed by atoms with E-state index in [9.17, 15) is 0 Å². The predicted molar refractivity (Wildman–Crippen MR) is 107 cm³/mol. The molecule has 1 aliphatic heterocycles. The van der Waals surface area contributed by atoms with Gasteiger partial charge in [0.05, 0.1) is 12.3 Å². The Bertz CT molecular complexity index is 986. The van der Waals surface area contributed by atoms with Crippen molar-refractivity contribution in [1.82, 2.24) is 19.7 Å². The van der Waals surface area contributed by atoms with Gasteiger partial charge in [-0.2, -0.15) is 0 Å². The molecule has 1 aliphatic rings. The molecule has 0 atom stereocenters. The van der Waals surface area contributed by atoms with E-state index in [0.29, 0.717) is 11.6 Å². The third-order valence-corrected chi connectivity index (χ3v) is 5.93. The molecule has 0 N–H and O–H groups in total. The zero-order chi connectivity index (χ0) is 18.3. The van der Waals surface area contributed by atoms with Crippen LogP contribution in [0.3, 0.4) is 0 Å². The number of aliphatic imine (C=N–C) groups is 1. The van der Waals surface area contributed by atoms with E-state index < -0.39 is 0 Å². The average molecular weight is 386 g/mol. The van der Waals surface area contributed by atoms with Crippen LogP contribution in [0, 0.1) is 0 Å². The lowest BCUT2D eigenvalue weighted by Gasteiger charge is -2.12. The molecule has 3 heterocycles. The highest BCUT2D eigenvalue weighted by Crippen LogP contribution is 2.34. The van der Waals surface area contributed by atoms with E-state index in [-0.39, 0.29) is 0 Å². The minimum absolute atomic E-state index is 0.490. The van der Waals surface area contributed by atoms with E-state index in [0.717, 1.165) is 46.5 Å². The van der Waals surface area contributed by atoms with Crippen LogP contribution in [0.1, 0.15) is 34.6 Å². The molecule has 2 aromatic heterocycles. The van der Waals surface area contributed by atoms with E-state index in [1.165, 1.54) is 4.88 Å². The molecule has 5 nitrogen and oxygen atoms in total. The van der Waals surface area contributed by atoms with Gasteiger partial charge in [0.25, 0.3) is 0 Å². The average Bonchev–Trinajstić information content (AvgIpc) is 3.16. The summed E-state index contributed by atoms with van der Waals surface area (Å²) in [6, 6.07) is 10.1. The zero-order valence-electron chi connectivity index (χ0n) is 15.0. The van der Waals surface area contributed by atoms with Crippen LogP contribution < -0.4 is 0 Å². The first-order chi connectivity index (χ1) is 12.6. The van der Waals surface area contributed by atoms with Gasteiger partial charge in [0.1, 0.15) is 11.5 Å². The van der Waals surface area contributed by atoms with Crippen molar-refractivity contribution in [3.8, 4) is 5.00 Å². The Hall–Kier alpha value is -2.02. The summed E-state index contributed by atoms with van der Waals surface area (Å²) in [5.74, 6) is 1.81. The van der Waals surface area contributed by atoms with Crippen molar-refractivity contribution in [2.24, 2.45) is 4.99 Å².